The third-order valence-corrected chi connectivity index (χ3v) is 3.55. The smallest absolute Gasteiger partial charge is 0.129 e. The van der Waals surface area contributed by atoms with Crippen LogP contribution in [0.1, 0.15) is 22.9 Å². The Morgan fingerprint density at radius 1 is 1.31 bits per heavy atom. The lowest BCUT2D eigenvalue weighted by Crippen LogP contribution is -2.23. The number of hydrogen-bond acceptors (Lipinski definition) is 2. The second-order valence-corrected chi connectivity index (χ2v) is 5.11. The zero-order chi connectivity index (χ0) is 11.8. The van der Waals surface area contributed by atoms with Crippen molar-refractivity contribution in [3.63, 3.8) is 0 Å². The van der Waals surface area contributed by atoms with Crippen LogP contribution in [0.2, 0.25) is 0 Å². The van der Waals surface area contributed by atoms with Gasteiger partial charge in [-0.3, -0.25) is 0 Å². The van der Waals surface area contributed by atoms with E-state index >= 15 is 0 Å². The largest absolute Gasteiger partial charge is 0.381 e. The van der Waals surface area contributed by atoms with Gasteiger partial charge in [-0.25, -0.2) is 4.39 Å². The highest BCUT2D eigenvalue weighted by molar-refractivity contribution is 7.10. The highest BCUT2D eigenvalue weighted by Crippen LogP contribution is 2.33. The highest BCUT2D eigenvalue weighted by atomic mass is 32.1. The molecular formula is C13H13FOS. The van der Waals surface area contributed by atoms with Gasteiger partial charge in [0.25, 0.3) is 0 Å². The molecule has 0 saturated heterocycles. The third-order valence-electron chi connectivity index (χ3n) is 2.69. The number of aliphatic hydroxyl groups is 1. The van der Waals surface area contributed by atoms with E-state index in [1.165, 1.54) is 6.07 Å². The van der Waals surface area contributed by atoms with E-state index in [-0.39, 0.29) is 5.82 Å². The molecule has 84 valence electrons. The molecule has 1 nitrogen and oxygen atoms in total. The van der Waals surface area contributed by atoms with Crippen molar-refractivity contribution in [3.05, 3.63) is 57.5 Å². The highest BCUT2D eigenvalue weighted by Gasteiger charge is 2.29. The number of thiophene rings is 1. The third kappa shape index (κ3) is 1.88. The van der Waals surface area contributed by atoms with E-state index in [0.717, 1.165) is 10.4 Å². The Kier molecular flexibility index (Phi) is 2.82. The Morgan fingerprint density at radius 3 is 2.56 bits per heavy atom. The molecule has 2 aromatic rings. The maximum absolute atomic E-state index is 13.6. The van der Waals surface area contributed by atoms with Crippen molar-refractivity contribution >= 4 is 11.3 Å². The molecule has 1 heterocycles. The average Bonchev–Trinajstić information content (AvgIpc) is 2.66. The Bertz CT molecular complexity index is 502. The first-order chi connectivity index (χ1) is 7.51. The van der Waals surface area contributed by atoms with Crippen molar-refractivity contribution < 1.29 is 9.50 Å². The van der Waals surface area contributed by atoms with E-state index in [0.29, 0.717) is 5.56 Å². The number of benzene rings is 1. The van der Waals surface area contributed by atoms with Crippen LogP contribution in [-0.4, -0.2) is 5.11 Å². The molecule has 1 atom stereocenters. The molecule has 0 aliphatic heterocycles. The zero-order valence-corrected chi connectivity index (χ0v) is 10.0. The number of halogens is 1. The molecule has 1 aromatic carbocycles. The molecule has 0 saturated carbocycles. The Hall–Kier alpha value is -1.19. The molecule has 1 unspecified atom stereocenters. The van der Waals surface area contributed by atoms with Gasteiger partial charge in [0.1, 0.15) is 11.4 Å². The van der Waals surface area contributed by atoms with Crippen LogP contribution in [0.4, 0.5) is 4.39 Å². The summed E-state index contributed by atoms with van der Waals surface area (Å²) in [7, 11) is 0. The predicted molar refractivity (Wildman–Crippen MR) is 64.1 cm³/mol. The molecule has 1 N–H and O–H groups in total. The molecule has 0 aliphatic rings. The van der Waals surface area contributed by atoms with E-state index in [1.54, 1.807) is 36.5 Å². The molecular weight excluding hydrogens is 223 g/mol. The lowest BCUT2D eigenvalue weighted by molar-refractivity contribution is 0.0984. The fourth-order valence-electron chi connectivity index (χ4n) is 1.71. The summed E-state index contributed by atoms with van der Waals surface area (Å²) in [5.74, 6) is -0.378. The van der Waals surface area contributed by atoms with Gasteiger partial charge in [-0.2, -0.15) is 0 Å². The second kappa shape index (κ2) is 4.00. The maximum Gasteiger partial charge on any atom is 0.129 e. The van der Waals surface area contributed by atoms with Gasteiger partial charge in [0.05, 0.1) is 0 Å². The predicted octanol–water partition coefficient (Wildman–Crippen LogP) is 3.45. The second-order valence-electron chi connectivity index (χ2n) is 4.00. The Balaban J connectivity index is 2.50. The number of hydrogen-bond donors (Lipinski definition) is 1. The van der Waals surface area contributed by atoms with Gasteiger partial charge in [0.2, 0.25) is 0 Å². The molecule has 3 heteroatoms. The van der Waals surface area contributed by atoms with Crippen LogP contribution in [0.15, 0.2) is 35.7 Å². The first-order valence-corrected chi connectivity index (χ1v) is 5.93. The summed E-state index contributed by atoms with van der Waals surface area (Å²) >= 11 is 1.55. The fourth-order valence-corrected chi connectivity index (χ4v) is 2.52. The summed E-state index contributed by atoms with van der Waals surface area (Å²) in [6.07, 6.45) is 0. The van der Waals surface area contributed by atoms with Crippen molar-refractivity contribution in [3.8, 4) is 0 Å². The standard InChI is InChI=1S/C13H13FOS/c1-9-7-10(8-16-9)13(2,15)11-5-3-4-6-12(11)14/h3-8,15H,1-2H3. The normalized spacial score (nSPS) is 14.8. The number of aryl methyl sites for hydroxylation is 1. The van der Waals surface area contributed by atoms with Crippen LogP contribution in [0.3, 0.4) is 0 Å². The van der Waals surface area contributed by atoms with Crippen LogP contribution in [0, 0.1) is 12.7 Å². The summed E-state index contributed by atoms with van der Waals surface area (Å²) in [6, 6.07) is 8.21. The number of rotatable bonds is 2. The van der Waals surface area contributed by atoms with E-state index < -0.39 is 5.60 Å². The Morgan fingerprint density at radius 2 is 2.00 bits per heavy atom. The van der Waals surface area contributed by atoms with Crippen LogP contribution >= 0.6 is 11.3 Å². The van der Waals surface area contributed by atoms with Gasteiger partial charge < -0.3 is 5.11 Å². The van der Waals surface area contributed by atoms with Gasteiger partial charge in [-0.1, -0.05) is 18.2 Å². The van der Waals surface area contributed by atoms with Crippen molar-refractivity contribution in [2.24, 2.45) is 0 Å². The van der Waals surface area contributed by atoms with Gasteiger partial charge in [-0.15, -0.1) is 11.3 Å². The first-order valence-electron chi connectivity index (χ1n) is 5.05. The van der Waals surface area contributed by atoms with E-state index in [4.69, 9.17) is 0 Å². The zero-order valence-electron chi connectivity index (χ0n) is 9.20. The van der Waals surface area contributed by atoms with Gasteiger partial charge in [0.15, 0.2) is 0 Å². The van der Waals surface area contributed by atoms with Crippen LogP contribution in [0.25, 0.3) is 0 Å². The van der Waals surface area contributed by atoms with Crippen molar-refractivity contribution in [1.82, 2.24) is 0 Å². The molecule has 16 heavy (non-hydrogen) atoms. The molecule has 0 radical (unpaired) electrons. The summed E-state index contributed by atoms with van der Waals surface area (Å²) < 4.78 is 13.6. The first kappa shape index (κ1) is 11.3. The van der Waals surface area contributed by atoms with Crippen LogP contribution in [-0.2, 0) is 5.60 Å². The molecule has 0 bridgehead atoms. The molecule has 0 spiro atoms. The van der Waals surface area contributed by atoms with Crippen molar-refractivity contribution in [1.29, 1.82) is 0 Å². The lowest BCUT2D eigenvalue weighted by atomic mass is 9.89. The lowest BCUT2D eigenvalue weighted by Gasteiger charge is -2.23. The van der Waals surface area contributed by atoms with Crippen LogP contribution in [0.5, 0.6) is 0 Å². The molecule has 0 fully saturated rings. The minimum Gasteiger partial charge on any atom is -0.381 e. The summed E-state index contributed by atoms with van der Waals surface area (Å²) in [6.45, 7) is 3.58. The van der Waals surface area contributed by atoms with Gasteiger partial charge in [-0.05, 0) is 36.9 Å². The van der Waals surface area contributed by atoms with Gasteiger partial charge in [0, 0.05) is 10.4 Å². The SMILES string of the molecule is Cc1cc(C(C)(O)c2ccccc2F)cs1. The summed E-state index contributed by atoms with van der Waals surface area (Å²) in [5.41, 5.74) is -0.219. The minimum absolute atomic E-state index is 0.313. The maximum atomic E-state index is 13.6. The van der Waals surface area contributed by atoms with Crippen molar-refractivity contribution in [2.45, 2.75) is 19.4 Å². The van der Waals surface area contributed by atoms with Crippen molar-refractivity contribution in [2.75, 3.05) is 0 Å². The van der Waals surface area contributed by atoms with E-state index in [9.17, 15) is 9.50 Å². The van der Waals surface area contributed by atoms with Gasteiger partial charge >= 0.3 is 0 Å². The Labute approximate surface area is 98.2 Å². The molecule has 0 amide bonds. The van der Waals surface area contributed by atoms with E-state index in [1.807, 2.05) is 18.4 Å². The molecule has 1 aromatic heterocycles. The molecule has 2 rings (SSSR count). The van der Waals surface area contributed by atoms with E-state index in [2.05, 4.69) is 0 Å². The average molecular weight is 236 g/mol. The monoisotopic (exact) mass is 236 g/mol. The topological polar surface area (TPSA) is 20.2 Å². The fraction of sp³-hybridized carbons (Fsp3) is 0.231. The molecule has 0 aliphatic carbocycles. The summed E-state index contributed by atoms with van der Waals surface area (Å²) in [5, 5.41) is 12.3. The summed E-state index contributed by atoms with van der Waals surface area (Å²) in [4.78, 5) is 1.10. The van der Waals surface area contributed by atoms with Crippen LogP contribution < -0.4 is 0 Å². The minimum atomic E-state index is -1.27. The quantitative estimate of drug-likeness (QED) is 0.846.